The number of carbonyl (C=O) groups excluding carboxylic acids is 1. The van der Waals surface area contributed by atoms with Gasteiger partial charge in [0.05, 0.1) is 0 Å². The summed E-state index contributed by atoms with van der Waals surface area (Å²) in [5.74, 6) is -1.57. The van der Waals surface area contributed by atoms with Crippen LogP contribution in [0.3, 0.4) is 0 Å². The maximum absolute atomic E-state index is 15.2. The summed E-state index contributed by atoms with van der Waals surface area (Å²) in [7, 11) is 1.80. The smallest absolute Gasteiger partial charge is 0.413 e. The first-order valence-electron chi connectivity index (χ1n) is 7.55. The van der Waals surface area contributed by atoms with Crippen LogP contribution >= 0.6 is 0 Å². The number of carbonyl (C=O) groups is 1. The van der Waals surface area contributed by atoms with E-state index in [0.717, 1.165) is 19.3 Å². The Morgan fingerprint density at radius 1 is 1.35 bits per heavy atom. The summed E-state index contributed by atoms with van der Waals surface area (Å²) >= 11 is 0. The SMILES string of the molecule is CNCC(C)N(C(=O)OC(C)(C)C)C1(F)CCCCC1. The number of halogens is 1. The molecule has 1 atom stereocenters. The maximum atomic E-state index is 15.2. The summed E-state index contributed by atoms with van der Waals surface area (Å²) in [4.78, 5) is 13.7. The van der Waals surface area contributed by atoms with Gasteiger partial charge in [-0.25, -0.2) is 9.18 Å². The Morgan fingerprint density at radius 3 is 2.35 bits per heavy atom. The Labute approximate surface area is 122 Å². The van der Waals surface area contributed by atoms with Crippen LogP contribution in [0.25, 0.3) is 0 Å². The first-order valence-corrected chi connectivity index (χ1v) is 7.55. The van der Waals surface area contributed by atoms with Crippen LogP contribution < -0.4 is 5.32 Å². The van der Waals surface area contributed by atoms with Crippen molar-refractivity contribution in [2.75, 3.05) is 13.6 Å². The molecule has 1 amide bonds. The zero-order valence-corrected chi connectivity index (χ0v) is 13.5. The predicted molar refractivity (Wildman–Crippen MR) is 78.4 cm³/mol. The van der Waals surface area contributed by atoms with Crippen LogP contribution in [0, 0.1) is 0 Å². The third-order valence-electron chi connectivity index (χ3n) is 3.58. The molecule has 1 aliphatic carbocycles. The number of nitrogens with one attached hydrogen (secondary N) is 1. The molecule has 1 aliphatic rings. The summed E-state index contributed by atoms with van der Waals surface area (Å²) in [6, 6.07) is -0.238. The van der Waals surface area contributed by atoms with Crippen molar-refractivity contribution < 1.29 is 13.9 Å². The van der Waals surface area contributed by atoms with Gasteiger partial charge in [-0.15, -0.1) is 0 Å². The van der Waals surface area contributed by atoms with Crippen molar-refractivity contribution in [3.05, 3.63) is 0 Å². The van der Waals surface area contributed by atoms with Gasteiger partial charge in [0.2, 0.25) is 0 Å². The van der Waals surface area contributed by atoms with E-state index >= 15 is 4.39 Å². The van der Waals surface area contributed by atoms with Crippen LogP contribution in [0.5, 0.6) is 0 Å². The number of hydrogen-bond acceptors (Lipinski definition) is 3. The molecule has 5 heteroatoms. The molecule has 118 valence electrons. The van der Waals surface area contributed by atoms with Gasteiger partial charge in [0, 0.05) is 25.4 Å². The zero-order valence-electron chi connectivity index (χ0n) is 13.5. The number of ether oxygens (including phenoxy) is 1. The molecule has 1 N–H and O–H groups in total. The van der Waals surface area contributed by atoms with Gasteiger partial charge in [0.25, 0.3) is 0 Å². The van der Waals surface area contributed by atoms with Crippen molar-refractivity contribution in [3.63, 3.8) is 0 Å². The highest BCUT2D eigenvalue weighted by atomic mass is 19.1. The Kier molecular flexibility index (Phi) is 5.80. The van der Waals surface area contributed by atoms with Crippen LogP contribution in [-0.2, 0) is 4.74 Å². The highest BCUT2D eigenvalue weighted by molar-refractivity contribution is 5.69. The average Bonchev–Trinajstić information content (AvgIpc) is 2.27. The lowest BCUT2D eigenvalue weighted by Crippen LogP contribution is -2.57. The zero-order chi connectivity index (χ0) is 15.4. The summed E-state index contributed by atoms with van der Waals surface area (Å²) < 4.78 is 20.6. The molecule has 4 nitrogen and oxygen atoms in total. The minimum Gasteiger partial charge on any atom is -0.444 e. The molecule has 1 rings (SSSR count). The van der Waals surface area contributed by atoms with Crippen molar-refractivity contribution in [2.45, 2.75) is 77.2 Å². The van der Waals surface area contributed by atoms with Gasteiger partial charge in [-0.05, 0) is 47.6 Å². The molecular formula is C15H29FN2O2. The first kappa shape index (κ1) is 17.2. The van der Waals surface area contributed by atoms with Crippen LogP contribution in [0.2, 0.25) is 0 Å². The molecular weight excluding hydrogens is 259 g/mol. The second-order valence-corrected chi connectivity index (χ2v) is 6.74. The summed E-state index contributed by atoms with van der Waals surface area (Å²) in [5.41, 5.74) is -0.611. The lowest BCUT2D eigenvalue weighted by Gasteiger charge is -2.43. The summed E-state index contributed by atoms with van der Waals surface area (Å²) in [6.07, 6.45) is 2.93. The molecule has 0 aromatic rings. The fourth-order valence-electron chi connectivity index (χ4n) is 2.77. The Hall–Kier alpha value is -0.840. The quantitative estimate of drug-likeness (QED) is 0.805. The number of hydrogen-bond donors (Lipinski definition) is 1. The standard InChI is InChI=1S/C15H29FN2O2/c1-12(11-17-5)18(13(19)20-14(2,3)4)15(16)9-7-6-8-10-15/h12,17H,6-11H2,1-5H3. The number of nitrogens with zero attached hydrogens (tertiary/aromatic N) is 1. The van der Waals surface area contributed by atoms with E-state index in [2.05, 4.69) is 5.32 Å². The lowest BCUT2D eigenvalue weighted by atomic mass is 9.91. The molecule has 1 unspecified atom stereocenters. The molecule has 0 saturated heterocycles. The Morgan fingerprint density at radius 2 is 1.90 bits per heavy atom. The highest BCUT2D eigenvalue weighted by Gasteiger charge is 2.44. The van der Waals surface area contributed by atoms with Crippen LogP contribution in [0.15, 0.2) is 0 Å². The number of amides is 1. The van der Waals surface area contributed by atoms with Crippen LogP contribution in [-0.4, -0.2) is 42.0 Å². The van der Waals surface area contributed by atoms with Gasteiger partial charge in [0.15, 0.2) is 5.79 Å². The maximum Gasteiger partial charge on any atom is 0.413 e. The van der Waals surface area contributed by atoms with Gasteiger partial charge >= 0.3 is 6.09 Å². The molecule has 1 fully saturated rings. The van der Waals surface area contributed by atoms with Crippen molar-refractivity contribution >= 4 is 6.09 Å². The van der Waals surface area contributed by atoms with Gasteiger partial charge in [0.1, 0.15) is 5.60 Å². The molecule has 20 heavy (non-hydrogen) atoms. The lowest BCUT2D eigenvalue weighted by molar-refractivity contribution is -0.0868. The van der Waals surface area contributed by atoms with Gasteiger partial charge in [-0.1, -0.05) is 6.42 Å². The molecule has 0 aromatic carbocycles. The molecule has 0 aromatic heterocycles. The fraction of sp³-hybridized carbons (Fsp3) is 0.933. The molecule has 0 bridgehead atoms. The Balaban J connectivity index is 2.92. The van der Waals surface area contributed by atoms with Gasteiger partial charge < -0.3 is 10.1 Å². The number of alkyl halides is 1. The summed E-state index contributed by atoms with van der Waals surface area (Å²) in [6.45, 7) is 7.81. The monoisotopic (exact) mass is 288 g/mol. The van der Waals surface area contributed by atoms with E-state index in [9.17, 15) is 4.79 Å². The van der Waals surface area contributed by atoms with Gasteiger partial charge in [-0.2, -0.15) is 0 Å². The Bertz CT molecular complexity index is 322. The molecule has 0 spiro atoms. The van der Waals surface area contributed by atoms with Crippen molar-refractivity contribution in [1.29, 1.82) is 0 Å². The molecule has 0 heterocycles. The fourth-order valence-corrected chi connectivity index (χ4v) is 2.77. The second-order valence-electron chi connectivity index (χ2n) is 6.74. The third kappa shape index (κ3) is 4.62. The van der Waals surface area contributed by atoms with E-state index in [1.54, 1.807) is 27.8 Å². The second kappa shape index (κ2) is 6.74. The minimum atomic E-state index is -1.57. The third-order valence-corrected chi connectivity index (χ3v) is 3.58. The van der Waals surface area contributed by atoms with Crippen molar-refractivity contribution in [3.8, 4) is 0 Å². The van der Waals surface area contributed by atoms with E-state index in [-0.39, 0.29) is 6.04 Å². The van der Waals surface area contributed by atoms with E-state index in [1.807, 2.05) is 6.92 Å². The molecule has 0 radical (unpaired) electrons. The van der Waals surface area contributed by atoms with E-state index in [0.29, 0.717) is 19.4 Å². The minimum absolute atomic E-state index is 0.238. The number of likely N-dealkylation sites (N-methyl/N-ethyl adjacent to an activating group) is 1. The predicted octanol–water partition coefficient (Wildman–Crippen LogP) is 3.46. The van der Waals surface area contributed by atoms with E-state index in [4.69, 9.17) is 4.74 Å². The van der Waals surface area contributed by atoms with Crippen LogP contribution in [0.4, 0.5) is 9.18 Å². The molecule has 1 saturated carbocycles. The van der Waals surface area contributed by atoms with Crippen molar-refractivity contribution in [1.82, 2.24) is 10.2 Å². The molecule has 0 aliphatic heterocycles. The normalized spacial score (nSPS) is 20.3. The van der Waals surface area contributed by atoms with E-state index < -0.39 is 17.5 Å². The largest absolute Gasteiger partial charge is 0.444 e. The first-order chi connectivity index (χ1) is 9.19. The number of rotatable bonds is 4. The van der Waals surface area contributed by atoms with Gasteiger partial charge in [-0.3, -0.25) is 4.90 Å². The highest BCUT2D eigenvalue weighted by Crippen LogP contribution is 2.37. The van der Waals surface area contributed by atoms with Crippen LogP contribution in [0.1, 0.15) is 59.8 Å². The van der Waals surface area contributed by atoms with E-state index in [1.165, 1.54) is 4.90 Å². The topological polar surface area (TPSA) is 41.6 Å². The summed E-state index contributed by atoms with van der Waals surface area (Å²) in [5, 5.41) is 3.01. The van der Waals surface area contributed by atoms with Crippen molar-refractivity contribution in [2.24, 2.45) is 0 Å². The average molecular weight is 288 g/mol.